The van der Waals surface area contributed by atoms with E-state index in [0.717, 1.165) is 6.07 Å². The van der Waals surface area contributed by atoms with Crippen molar-refractivity contribution in [3.05, 3.63) is 24.0 Å². The molecule has 116 valence electrons. The number of rotatable bonds is 3. The third-order valence-electron chi connectivity index (χ3n) is 3.20. The topological polar surface area (TPSA) is 78.5 Å². The number of anilines is 1. The molecule has 1 fully saturated rings. The van der Waals surface area contributed by atoms with Crippen LogP contribution in [0.2, 0.25) is 0 Å². The third-order valence-corrected chi connectivity index (χ3v) is 5.10. The monoisotopic (exact) mass is 315 g/mol. The first-order chi connectivity index (χ1) is 9.80. The van der Waals surface area contributed by atoms with Crippen LogP contribution in [0.5, 0.6) is 0 Å². The first-order valence-electron chi connectivity index (χ1n) is 6.61. The molecule has 0 aromatic heterocycles. The lowest BCUT2D eigenvalue weighted by Crippen LogP contribution is -2.51. The summed E-state index contributed by atoms with van der Waals surface area (Å²) in [4.78, 5) is 10.6. The number of carbonyl (C=O) groups is 1. The molecule has 1 unspecified atom stereocenters. The Kier molecular flexibility index (Phi) is 4.60. The van der Waals surface area contributed by atoms with Gasteiger partial charge in [-0.15, -0.1) is 0 Å². The Bertz CT molecular complexity index is 648. The predicted octanol–water partition coefficient (Wildman–Crippen LogP) is 0.766. The highest BCUT2D eigenvalue weighted by Crippen LogP contribution is 2.23. The molecule has 1 saturated heterocycles. The lowest BCUT2D eigenvalue weighted by atomic mass is 10.3. The van der Waals surface area contributed by atoms with Gasteiger partial charge in [0.25, 0.3) is 0 Å². The van der Waals surface area contributed by atoms with Crippen molar-refractivity contribution in [3.63, 3.8) is 0 Å². The summed E-state index contributed by atoms with van der Waals surface area (Å²) in [6, 6.07) is 3.60. The molecule has 0 saturated carbocycles. The molecule has 0 radical (unpaired) electrons. The fourth-order valence-corrected chi connectivity index (χ4v) is 3.82. The lowest BCUT2D eigenvalue weighted by Gasteiger charge is -2.31. The minimum Gasteiger partial charge on any atom is -0.326 e. The van der Waals surface area contributed by atoms with Crippen molar-refractivity contribution >= 4 is 21.6 Å². The molecule has 0 aliphatic carbocycles. The van der Waals surface area contributed by atoms with Crippen molar-refractivity contribution in [3.8, 4) is 0 Å². The zero-order valence-corrected chi connectivity index (χ0v) is 12.7. The fraction of sp³-hybridized carbons (Fsp3) is 0.462. The van der Waals surface area contributed by atoms with E-state index in [1.54, 1.807) is 0 Å². The maximum absolute atomic E-state index is 14.1. The van der Waals surface area contributed by atoms with E-state index in [-0.39, 0.29) is 22.5 Å². The molecule has 0 spiro atoms. The number of benzene rings is 1. The molecule has 21 heavy (non-hydrogen) atoms. The van der Waals surface area contributed by atoms with Gasteiger partial charge in [-0.2, -0.15) is 4.31 Å². The van der Waals surface area contributed by atoms with Gasteiger partial charge in [0, 0.05) is 38.3 Å². The average molecular weight is 315 g/mol. The Morgan fingerprint density at radius 3 is 2.76 bits per heavy atom. The van der Waals surface area contributed by atoms with Crippen molar-refractivity contribution in [2.75, 3.05) is 25.0 Å². The van der Waals surface area contributed by atoms with Crippen LogP contribution in [0.25, 0.3) is 0 Å². The van der Waals surface area contributed by atoms with Crippen molar-refractivity contribution in [1.29, 1.82) is 0 Å². The third kappa shape index (κ3) is 3.58. The van der Waals surface area contributed by atoms with Gasteiger partial charge in [0.2, 0.25) is 15.9 Å². The number of amides is 1. The van der Waals surface area contributed by atoms with Gasteiger partial charge in [-0.3, -0.25) is 4.79 Å². The number of carbonyl (C=O) groups excluding carboxylic acids is 1. The molecule has 2 rings (SSSR count). The van der Waals surface area contributed by atoms with Gasteiger partial charge in [-0.05, 0) is 25.1 Å². The number of halogens is 1. The van der Waals surface area contributed by atoms with Crippen molar-refractivity contribution < 1.29 is 17.6 Å². The number of hydrogen-bond acceptors (Lipinski definition) is 4. The van der Waals surface area contributed by atoms with Crippen LogP contribution in [0, 0.1) is 5.82 Å². The van der Waals surface area contributed by atoms with Gasteiger partial charge in [-0.25, -0.2) is 12.8 Å². The Morgan fingerprint density at radius 1 is 1.48 bits per heavy atom. The average Bonchev–Trinajstić information content (AvgIpc) is 2.37. The highest BCUT2D eigenvalue weighted by atomic mass is 32.2. The molecule has 1 aliphatic heterocycles. The summed E-state index contributed by atoms with van der Waals surface area (Å²) in [5.74, 6) is -1.21. The van der Waals surface area contributed by atoms with Crippen LogP contribution >= 0.6 is 0 Å². The quantitative estimate of drug-likeness (QED) is 0.863. The second kappa shape index (κ2) is 6.08. The SMILES string of the molecule is CC(=O)Nc1ccc(S(=O)(=O)N2CCNC(C)C2)c(F)c1. The molecular formula is C13H18FN3O3S. The van der Waals surface area contributed by atoms with E-state index in [4.69, 9.17) is 0 Å². The number of sulfonamides is 1. The van der Waals surface area contributed by atoms with Gasteiger partial charge < -0.3 is 10.6 Å². The normalized spacial score (nSPS) is 20.2. The Balaban J connectivity index is 2.29. The standard InChI is InChI=1S/C13H18FN3O3S/c1-9-8-17(6-5-15-9)21(19,20)13-4-3-11(7-12(13)14)16-10(2)18/h3-4,7,9,15H,5-6,8H2,1-2H3,(H,16,18). The van der Waals surface area contributed by atoms with E-state index < -0.39 is 15.8 Å². The summed E-state index contributed by atoms with van der Waals surface area (Å²) < 4.78 is 40.3. The van der Waals surface area contributed by atoms with Crippen molar-refractivity contribution in [2.45, 2.75) is 24.8 Å². The molecule has 1 atom stereocenters. The molecule has 1 aromatic carbocycles. The molecule has 1 aliphatic rings. The molecule has 8 heteroatoms. The highest BCUT2D eigenvalue weighted by molar-refractivity contribution is 7.89. The summed E-state index contributed by atoms with van der Waals surface area (Å²) in [7, 11) is -3.87. The smallest absolute Gasteiger partial charge is 0.246 e. The fourth-order valence-electron chi connectivity index (χ4n) is 2.25. The molecule has 1 aromatic rings. The van der Waals surface area contributed by atoms with E-state index in [9.17, 15) is 17.6 Å². The summed E-state index contributed by atoms with van der Waals surface area (Å²) in [6.45, 7) is 4.31. The largest absolute Gasteiger partial charge is 0.326 e. The van der Waals surface area contributed by atoms with Crippen LogP contribution in [-0.2, 0) is 14.8 Å². The number of nitrogens with zero attached hydrogens (tertiary/aromatic N) is 1. The maximum atomic E-state index is 14.1. The van der Waals surface area contributed by atoms with E-state index in [1.807, 2.05) is 6.92 Å². The number of nitrogens with one attached hydrogen (secondary N) is 2. The van der Waals surface area contributed by atoms with Crippen LogP contribution in [0.15, 0.2) is 23.1 Å². The van der Waals surface area contributed by atoms with Gasteiger partial charge in [-0.1, -0.05) is 0 Å². The van der Waals surface area contributed by atoms with Gasteiger partial charge in [0.1, 0.15) is 10.7 Å². The Morgan fingerprint density at radius 2 is 2.19 bits per heavy atom. The number of piperazine rings is 1. The maximum Gasteiger partial charge on any atom is 0.246 e. The van der Waals surface area contributed by atoms with Gasteiger partial charge in [0.15, 0.2) is 0 Å². The summed E-state index contributed by atoms with van der Waals surface area (Å²) >= 11 is 0. The Hall–Kier alpha value is -1.51. The minimum atomic E-state index is -3.87. The molecule has 1 heterocycles. The van der Waals surface area contributed by atoms with E-state index in [2.05, 4.69) is 10.6 Å². The molecule has 0 bridgehead atoms. The van der Waals surface area contributed by atoms with Crippen LogP contribution in [-0.4, -0.2) is 44.3 Å². The van der Waals surface area contributed by atoms with E-state index >= 15 is 0 Å². The van der Waals surface area contributed by atoms with Crippen LogP contribution in [0.1, 0.15) is 13.8 Å². The second-order valence-corrected chi connectivity index (χ2v) is 6.95. The molecule has 1 amide bonds. The summed E-state index contributed by atoms with van der Waals surface area (Å²) in [6.07, 6.45) is 0. The first-order valence-corrected chi connectivity index (χ1v) is 8.05. The van der Waals surface area contributed by atoms with E-state index in [1.165, 1.54) is 23.4 Å². The van der Waals surface area contributed by atoms with Crippen molar-refractivity contribution in [1.82, 2.24) is 9.62 Å². The molecular weight excluding hydrogens is 297 g/mol. The van der Waals surface area contributed by atoms with Crippen molar-refractivity contribution in [2.24, 2.45) is 0 Å². The molecule has 6 nitrogen and oxygen atoms in total. The highest BCUT2D eigenvalue weighted by Gasteiger charge is 2.30. The lowest BCUT2D eigenvalue weighted by molar-refractivity contribution is -0.114. The summed E-state index contributed by atoms with van der Waals surface area (Å²) in [5.41, 5.74) is 0.229. The van der Waals surface area contributed by atoms with E-state index in [0.29, 0.717) is 19.6 Å². The van der Waals surface area contributed by atoms with Crippen LogP contribution in [0.3, 0.4) is 0 Å². The minimum absolute atomic E-state index is 0.0234. The van der Waals surface area contributed by atoms with Gasteiger partial charge in [0.05, 0.1) is 0 Å². The Labute approximate surface area is 123 Å². The molecule has 2 N–H and O–H groups in total. The van der Waals surface area contributed by atoms with Crippen LogP contribution in [0.4, 0.5) is 10.1 Å². The summed E-state index contributed by atoms with van der Waals surface area (Å²) in [5, 5.41) is 5.55. The number of hydrogen-bond donors (Lipinski definition) is 2. The first kappa shape index (κ1) is 15.9. The zero-order valence-electron chi connectivity index (χ0n) is 11.9. The predicted molar refractivity (Wildman–Crippen MR) is 76.9 cm³/mol. The second-order valence-electron chi connectivity index (χ2n) is 5.04. The van der Waals surface area contributed by atoms with Gasteiger partial charge >= 0.3 is 0 Å². The zero-order chi connectivity index (χ0) is 15.6. The van der Waals surface area contributed by atoms with Crippen LogP contribution < -0.4 is 10.6 Å².